The summed E-state index contributed by atoms with van der Waals surface area (Å²) in [6.07, 6.45) is 0. The maximum Gasteiger partial charge on any atom is 0.345 e. The monoisotopic (exact) mass is 378 g/mol. The van der Waals surface area contributed by atoms with Crippen molar-refractivity contribution in [1.29, 1.82) is 0 Å². The molecular formula is C17H15ClN2O6. The summed E-state index contributed by atoms with van der Waals surface area (Å²) in [5.74, 6) is -1.79. The zero-order valence-corrected chi connectivity index (χ0v) is 15.0. The van der Waals surface area contributed by atoms with E-state index in [1.807, 2.05) is 0 Å². The van der Waals surface area contributed by atoms with E-state index in [9.17, 15) is 24.5 Å². The third-order valence-electron chi connectivity index (χ3n) is 3.78. The number of carbonyl (C=O) groups is 3. The first-order valence-corrected chi connectivity index (χ1v) is 7.85. The number of rotatable bonds is 6. The highest BCUT2D eigenvalue weighted by molar-refractivity contribution is 6.31. The van der Waals surface area contributed by atoms with Crippen molar-refractivity contribution in [3.63, 3.8) is 0 Å². The summed E-state index contributed by atoms with van der Waals surface area (Å²) in [7, 11) is 0. The predicted molar refractivity (Wildman–Crippen MR) is 93.0 cm³/mol. The molecule has 0 atom stereocenters. The van der Waals surface area contributed by atoms with Gasteiger partial charge in [0.05, 0.1) is 10.6 Å². The van der Waals surface area contributed by atoms with Crippen LogP contribution in [0.25, 0.3) is 0 Å². The van der Waals surface area contributed by atoms with Gasteiger partial charge >= 0.3 is 5.97 Å². The van der Waals surface area contributed by atoms with Crippen LogP contribution in [0.1, 0.15) is 49.4 Å². The maximum absolute atomic E-state index is 12.3. The SMILES string of the molecule is CC(=O)c1c(C)[nH]c(C(=O)COC(=O)c2cc(Cl)ccc2[N+](=O)[O-])c1C. The fraction of sp³-hybridized carbons (Fsp3) is 0.235. The van der Waals surface area contributed by atoms with E-state index < -0.39 is 29.0 Å². The summed E-state index contributed by atoms with van der Waals surface area (Å²) in [5, 5.41) is 11.1. The van der Waals surface area contributed by atoms with E-state index in [1.54, 1.807) is 13.8 Å². The van der Waals surface area contributed by atoms with Gasteiger partial charge in [0.25, 0.3) is 5.69 Å². The van der Waals surface area contributed by atoms with Crippen molar-refractivity contribution in [1.82, 2.24) is 4.98 Å². The average Bonchev–Trinajstić information content (AvgIpc) is 2.86. The molecule has 8 nitrogen and oxygen atoms in total. The number of ketones is 2. The lowest BCUT2D eigenvalue weighted by atomic mass is 10.1. The average molecular weight is 379 g/mol. The van der Waals surface area contributed by atoms with E-state index in [2.05, 4.69) is 4.98 Å². The van der Waals surface area contributed by atoms with E-state index in [0.29, 0.717) is 16.8 Å². The first-order valence-electron chi connectivity index (χ1n) is 7.47. The standard InChI is InChI=1S/C17H15ClN2O6/c1-8-15(10(3)21)9(2)19-16(8)14(22)7-26-17(23)12-6-11(18)4-5-13(12)20(24)25/h4-6,19H,7H2,1-3H3. The van der Waals surface area contributed by atoms with Crippen molar-refractivity contribution in [2.75, 3.05) is 6.61 Å². The Labute approximate surface area is 153 Å². The normalized spacial score (nSPS) is 10.5. The Bertz CT molecular complexity index is 932. The van der Waals surface area contributed by atoms with Crippen LogP contribution < -0.4 is 0 Å². The van der Waals surface area contributed by atoms with Gasteiger partial charge in [-0.3, -0.25) is 19.7 Å². The first-order chi connectivity index (χ1) is 12.1. The molecule has 2 aromatic rings. The van der Waals surface area contributed by atoms with Gasteiger partial charge in [0.1, 0.15) is 5.56 Å². The third kappa shape index (κ3) is 3.80. The molecule has 1 aromatic carbocycles. The summed E-state index contributed by atoms with van der Waals surface area (Å²) in [5.41, 5.74) is 0.739. The third-order valence-corrected chi connectivity index (χ3v) is 4.01. The van der Waals surface area contributed by atoms with Gasteiger partial charge in [-0.05, 0) is 38.5 Å². The molecule has 9 heteroatoms. The molecule has 0 unspecified atom stereocenters. The van der Waals surface area contributed by atoms with E-state index in [-0.39, 0.29) is 22.1 Å². The minimum absolute atomic E-state index is 0.121. The minimum atomic E-state index is -1.04. The number of ether oxygens (including phenoxy) is 1. The Morgan fingerprint density at radius 1 is 1.27 bits per heavy atom. The first kappa shape index (κ1) is 19.3. The van der Waals surface area contributed by atoms with Gasteiger partial charge in [-0.15, -0.1) is 0 Å². The van der Waals surface area contributed by atoms with Gasteiger partial charge in [0.2, 0.25) is 5.78 Å². The highest BCUT2D eigenvalue weighted by Gasteiger charge is 2.24. The van der Waals surface area contributed by atoms with Crippen LogP contribution in [0.5, 0.6) is 0 Å². The molecule has 136 valence electrons. The molecule has 0 spiro atoms. The molecule has 0 fully saturated rings. The number of aryl methyl sites for hydroxylation is 1. The number of esters is 1. The van der Waals surface area contributed by atoms with Crippen LogP contribution in [0.4, 0.5) is 5.69 Å². The molecule has 0 saturated carbocycles. The van der Waals surface area contributed by atoms with Crippen molar-refractivity contribution < 1.29 is 24.0 Å². The number of aromatic nitrogens is 1. The molecule has 0 amide bonds. The summed E-state index contributed by atoms with van der Waals surface area (Å²) in [4.78, 5) is 49.1. The summed E-state index contributed by atoms with van der Waals surface area (Å²) in [6.45, 7) is 4.01. The smallest absolute Gasteiger partial charge is 0.345 e. The Hall–Kier alpha value is -3.00. The van der Waals surface area contributed by atoms with Crippen molar-refractivity contribution in [2.24, 2.45) is 0 Å². The number of aromatic amines is 1. The molecule has 1 aromatic heterocycles. The highest BCUT2D eigenvalue weighted by atomic mass is 35.5. The van der Waals surface area contributed by atoms with Gasteiger partial charge in [0, 0.05) is 22.3 Å². The molecule has 0 aliphatic carbocycles. The number of nitrogens with one attached hydrogen (secondary N) is 1. The van der Waals surface area contributed by atoms with Crippen molar-refractivity contribution in [2.45, 2.75) is 20.8 Å². The Morgan fingerprint density at radius 2 is 1.92 bits per heavy atom. The Morgan fingerprint density at radius 3 is 2.46 bits per heavy atom. The van der Waals surface area contributed by atoms with Crippen LogP contribution in [0, 0.1) is 24.0 Å². The van der Waals surface area contributed by atoms with Gasteiger partial charge in [0.15, 0.2) is 12.4 Å². The van der Waals surface area contributed by atoms with Crippen molar-refractivity contribution >= 4 is 34.8 Å². The maximum atomic E-state index is 12.3. The van der Waals surface area contributed by atoms with Gasteiger partial charge < -0.3 is 9.72 Å². The predicted octanol–water partition coefficient (Wildman–Crippen LogP) is 3.44. The van der Waals surface area contributed by atoms with Crippen LogP contribution in [-0.2, 0) is 4.74 Å². The van der Waals surface area contributed by atoms with Gasteiger partial charge in [-0.2, -0.15) is 0 Å². The zero-order chi connectivity index (χ0) is 19.6. The number of halogens is 1. The lowest BCUT2D eigenvalue weighted by Gasteiger charge is -2.05. The van der Waals surface area contributed by atoms with Crippen molar-refractivity contribution in [3.05, 3.63) is 61.4 Å². The number of benzene rings is 1. The number of nitrogens with zero attached hydrogens (tertiary/aromatic N) is 1. The quantitative estimate of drug-likeness (QED) is 0.356. The van der Waals surface area contributed by atoms with Gasteiger partial charge in [-0.25, -0.2) is 4.79 Å². The van der Waals surface area contributed by atoms with Crippen LogP contribution in [0.15, 0.2) is 18.2 Å². The number of H-pyrrole nitrogens is 1. The van der Waals surface area contributed by atoms with E-state index >= 15 is 0 Å². The molecule has 0 aliphatic rings. The highest BCUT2D eigenvalue weighted by Crippen LogP contribution is 2.24. The number of hydrogen-bond acceptors (Lipinski definition) is 6. The Balaban J connectivity index is 2.20. The van der Waals surface area contributed by atoms with Crippen LogP contribution in [0.2, 0.25) is 5.02 Å². The summed E-state index contributed by atoms with van der Waals surface area (Å²) in [6, 6.07) is 3.46. The summed E-state index contributed by atoms with van der Waals surface area (Å²) >= 11 is 5.76. The number of Topliss-reactive ketones (excluding diaryl/α,β-unsaturated/α-hetero) is 2. The molecule has 0 aliphatic heterocycles. The lowest BCUT2D eigenvalue weighted by molar-refractivity contribution is -0.385. The number of hydrogen-bond donors (Lipinski definition) is 1. The molecule has 0 radical (unpaired) electrons. The summed E-state index contributed by atoms with van der Waals surface area (Å²) < 4.78 is 4.90. The van der Waals surface area contributed by atoms with Crippen LogP contribution >= 0.6 is 11.6 Å². The number of nitro groups is 1. The second-order valence-electron chi connectivity index (χ2n) is 5.60. The second-order valence-corrected chi connectivity index (χ2v) is 6.04. The molecule has 1 N–H and O–H groups in total. The molecule has 0 bridgehead atoms. The molecule has 26 heavy (non-hydrogen) atoms. The Kier molecular flexibility index (Phi) is 5.56. The zero-order valence-electron chi connectivity index (χ0n) is 14.2. The van der Waals surface area contributed by atoms with E-state index in [1.165, 1.54) is 13.0 Å². The minimum Gasteiger partial charge on any atom is -0.453 e. The number of carbonyl (C=O) groups excluding carboxylic acids is 3. The largest absolute Gasteiger partial charge is 0.453 e. The fourth-order valence-corrected chi connectivity index (χ4v) is 2.84. The van der Waals surface area contributed by atoms with E-state index in [4.69, 9.17) is 16.3 Å². The lowest BCUT2D eigenvalue weighted by Crippen LogP contribution is -2.16. The molecule has 2 rings (SSSR count). The molecule has 1 heterocycles. The van der Waals surface area contributed by atoms with Crippen molar-refractivity contribution in [3.8, 4) is 0 Å². The molecular weight excluding hydrogens is 364 g/mol. The second kappa shape index (κ2) is 7.49. The number of nitro benzene ring substituents is 1. The van der Waals surface area contributed by atoms with Gasteiger partial charge in [-0.1, -0.05) is 11.6 Å². The fourth-order valence-electron chi connectivity index (χ4n) is 2.67. The van der Waals surface area contributed by atoms with Crippen LogP contribution in [-0.4, -0.2) is 34.0 Å². The van der Waals surface area contributed by atoms with E-state index in [0.717, 1.165) is 12.1 Å². The molecule has 0 saturated heterocycles. The van der Waals surface area contributed by atoms with Crippen LogP contribution in [0.3, 0.4) is 0 Å². The topological polar surface area (TPSA) is 119 Å².